The zero-order valence-corrected chi connectivity index (χ0v) is 13.7. The number of allylic oxidation sites excluding steroid dienone is 1. The van der Waals surface area contributed by atoms with E-state index in [1.54, 1.807) is 13.2 Å². The molecule has 0 radical (unpaired) electrons. The van der Waals surface area contributed by atoms with Gasteiger partial charge in [0.15, 0.2) is 0 Å². The normalized spacial score (nSPS) is 19.8. The third-order valence-corrected chi connectivity index (χ3v) is 3.59. The lowest BCUT2D eigenvalue weighted by atomic mass is 10.1. The van der Waals surface area contributed by atoms with Crippen molar-refractivity contribution in [3.8, 4) is 5.75 Å². The molecule has 4 N–H and O–H groups in total. The summed E-state index contributed by atoms with van der Waals surface area (Å²) in [7, 11) is 1.57. The Morgan fingerprint density at radius 2 is 2.04 bits per heavy atom. The van der Waals surface area contributed by atoms with Crippen molar-refractivity contribution in [1.82, 2.24) is 10.6 Å². The predicted molar refractivity (Wildman–Crippen MR) is 91.5 cm³/mol. The molecule has 7 heteroatoms. The van der Waals surface area contributed by atoms with Crippen LogP contribution in [0.2, 0.25) is 0 Å². The van der Waals surface area contributed by atoms with Gasteiger partial charge < -0.3 is 25.8 Å². The van der Waals surface area contributed by atoms with Crippen molar-refractivity contribution in [1.29, 1.82) is 0 Å². The van der Waals surface area contributed by atoms with Crippen LogP contribution in [0.1, 0.15) is 24.8 Å². The second-order valence-electron chi connectivity index (χ2n) is 5.49. The van der Waals surface area contributed by atoms with Gasteiger partial charge in [0.2, 0.25) is 11.8 Å². The Labute approximate surface area is 141 Å². The van der Waals surface area contributed by atoms with E-state index in [0.717, 1.165) is 12.0 Å². The van der Waals surface area contributed by atoms with Crippen LogP contribution in [-0.4, -0.2) is 43.3 Å². The summed E-state index contributed by atoms with van der Waals surface area (Å²) >= 11 is 0. The number of ether oxygens (including phenoxy) is 1. The number of hydrogen-bond acceptors (Lipinski definition) is 5. The minimum Gasteiger partial charge on any atom is -0.497 e. The number of carbonyl (C=O) groups is 2. The van der Waals surface area contributed by atoms with E-state index in [1.807, 2.05) is 24.3 Å². The van der Waals surface area contributed by atoms with Crippen molar-refractivity contribution in [3.05, 3.63) is 29.8 Å². The van der Waals surface area contributed by atoms with Crippen molar-refractivity contribution >= 4 is 23.6 Å². The average Bonchev–Trinajstić information content (AvgIpc) is 2.58. The van der Waals surface area contributed by atoms with E-state index in [4.69, 9.17) is 4.74 Å². The smallest absolute Gasteiger partial charge is 0.239 e. The number of anilines is 1. The first-order chi connectivity index (χ1) is 11.6. The highest BCUT2D eigenvalue weighted by Crippen LogP contribution is 2.24. The van der Waals surface area contributed by atoms with Gasteiger partial charge in [0.05, 0.1) is 20.2 Å². The van der Waals surface area contributed by atoms with Gasteiger partial charge in [-0.25, -0.2) is 0 Å². The maximum atomic E-state index is 11.7. The maximum absolute atomic E-state index is 11.7. The third kappa shape index (κ3) is 5.58. The zero-order valence-electron chi connectivity index (χ0n) is 13.7. The van der Waals surface area contributed by atoms with E-state index in [0.29, 0.717) is 24.3 Å². The molecule has 2 amide bonds. The summed E-state index contributed by atoms with van der Waals surface area (Å²) in [5.41, 5.74) is 1.59. The lowest BCUT2D eigenvalue weighted by molar-refractivity contribution is -0.126. The average molecular weight is 333 g/mol. The number of rotatable bonds is 1. The molecule has 2 rings (SSSR count). The highest BCUT2D eigenvalue weighted by molar-refractivity contribution is 5.84. The molecule has 0 aliphatic carbocycles. The van der Waals surface area contributed by atoms with Gasteiger partial charge >= 0.3 is 0 Å². The molecule has 24 heavy (non-hydrogen) atoms. The minimum atomic E-state index is -0.964. The number of nitrogens with one attached hydrogen (secondary N) is 3. The van der Waals surface area contributed by atoms with E-state index < -0.39 is 6.23 Å². The van der Waals surface area contributed by atoms with Gasteiger partial charge in [-0.15, -0.1) is 0 Å². The fourth-order valence-corrected chi connectivity index (χ4v) is 2.29. The van der Waals surface area contributed by atoms with E-state index in [1.165, 1.54) is 0 Å². The first-order valence-corrected chi connectivity index (χ1v) is 7.91. The molecule has 1 atom stereocenters. The van der Waals surface area contributed by atoms with Crippen LogP contribution in [0.5, 0.6) is 5.75 Å². The predicted octanol–water partition coefficient (Wildman–Crippen LogP) is 0.855. The molecule has 1 aliphatic heterocycles. The number of amides is 2. The number of fused-ring (bicyclic) bond motifs is 1. The van der Waals surface area contributed by atoms with Crippen LogP contribution in [0.4, 0.5) is 5.69 Å². The largest absolute Gasteiger partial charge is 0.497 e. The van der Waals surface area contributed by atoms with E-state index in [2.05, 4.69) is 16.0 Å². The first-order valence-electron chi connectivity index (χ1n) is 7.91. The minimum absolute atomic E-state index is 0.0229. The van der Waals surface area contributed by atoms with Crippen LogP contribution >= 0.6 is 0 Å². The number of benzene rings is 1. The summed E-state index contributed by atoms with van der Waals surface area (Å²) < 4.78 is 5.21. The van der Waals surface area contributed by atoms with Crippen molar-refractivity contribution in [2.24, 2.45) is 0 Å². The SMILES string of the molecule is COc1ccc2c(c1)NC(O)CNC(=O)CNC(=O)CCCC=C2. The summed E-state index contributed by atoms with van der Waals surface area (Å²) in [6, 6.07) is 5.50. The lowest BCUT2D eigenvalue weighted by Gasteiger charge is -2.17. The number of carbonyl (C=O) groups excluding carboxylic acids is 2. The Hall–Kier alpha value is -2.54. The fourth-order valence-electron chi connectivity index (χ4n) is 2.29. The van der Waals surface area contributed by atoms with E-state index >= 15 is 0 Å². The maximum Gasteiger partial charge on any atom is 0.239 e. The van der Waals surface area contributed by atoms with Crippen LogP contribution in [-0.2, 0) is 9.59 Å². The molecule has 130 valence electrons. The van der Waals surface area contributed by atoms with Crippen molar-refractivity contribution in [2.75, 3.05) is 25.5 Å². The molecule has 0 aromatic heterocycles. The summed E-state index contributed by atoms with van der Waals surface area (Å²) in [5, 5.41) is 18.2. The molecular formula is C17H23N3O4. The quantitative estimate of drug-likeness (QED) is 0.611. The number of hydrogen-bond donors (Lipinski definition) is 4. The van der Waals surface area contributed by atoms with Crippen LogP contribution in [0, 0.1) is 0 Å². The summed E-state index contributed by atoms with van der Waals surface area (Å²) in [6.07, 6.45) is 4.77. The third-order valence-electron chi connectivity index (χ3n) is 3.59. The molecular weight excluding hydrogens is 310 g/mol. The fraction of sp³-hybridized carbons (Fsp3) is 0.412. The molecule has 0 bridgehead atoms. The molecule has 7 nitrogen and oxygen atoms in total. The van der Waals surface area contributed by atoms with Crippen LogP contribution in [0.3, 0.4) is 0 Å². The summed E-state index contributed by atoms with van der Waals surface area (Å²) in [5.74, 6) is 0.166. The Morgan fingerprint density at radius 1 is 1.21 bits per heavy atom. The first kappa shape index (κ1) is 17.8. The van der Waals surface area contributed by atoms with E-state index in [9.17, 15) is 14.7 Å². The molecule has 1 heterocycles. The lowest BCUT2D eigenvalue weighted by Crippen LogP contribution is -2.41. The molecule has 1 aromatic rings. The van der Waals surface area contributed by atoms with Gasteiger partial charge in [-0.3, -0.25) is 9.59 Å². The highest BCUT2D eigenvalue weighted by atomic mass is 16.5. The Morgan fingerprint density at radius 3 is 2.83 bits per heavy atom. The number of aliphatic hydroxyl groups is 1. The van der Waals surface area contributed by atoms with Gasteiger partial charge in [0.25, 0.3) is 0 Å². The van der Waals surface area contributed by atoms with Crippen molar-refractivity contribution in [2.45, 2.75) is 25.5 Å². The van der Waals surface area contributed by atoms with Gasteiger partial charge in [0.1, 0.15) is 12.0 Å². The molecule has 1 aromatic carbocycles. The monoisotopic (exact) mass is 333 g/mol. The van der Waals surface area contributed by atoms with Gasteiger partial charge in [-0.1, -0.05) is 12.2 Å². The second-order valence-corrected chi connectivity index (χ2v) is 5.49. The number of β-amino-alcohol motifs (C(OH)–C–C–N with tert-alkyl or cyclic N) is 1. The highest BCUT2D eigenvalue weighted by Gasteiger charge is 2.11. The standard InChI is InChI=1S/C17H23N3O4/c1-24-13-8-7-12-5-3-2-4-6-15(21)18-10-16(22)19-11-17(23)20-14(12)9-13/h3,5,7-9,17,20,23H,2,4,6,10-11H2,1H3,(H,18,21)(H,19,22). The van der Waals surface area contributed by atoms with Crippen LogP contribution in [0.15, 0.2) is 24.3 Å². The van der Waals surface area contributed by atoms with Crippen LogP contribution < -0.4 is 20.7 Å². The van der Waals surface area contributed by atoms with E-state index in [-0.39, 0.29) is 24.9 Å². The zero-order chi connectivity index (χ0) is 17.4. The summed E-state index contributed by atoms with van der Waals surface area (Å²) in [4.78, 5) is 23.3. The van der Waals surface area contributed by atoms with Crippen molar-refractivity contribution < 1.29 is 19.4 Å². The molecule has 0 fully saturated rings. The van der Waals surface area contributed by atoms with Gasteiger partial charge in [-0.2, -0.15) is 0 Å². The number of aliphatic hydroxyl groups excluding tert-OH is 1. The Balaban J connectivity index is 2.17. The molecule has 0 saturated carbocycles. The van der Waals surface area contributed by atoms with Crippen molar-refractivity contribution in [3.63, 3.8) is 0 Å². The molecule has 0 saturated heterocycles. The number of methoxy groups -OCH3 is 1. The van der Waals surface area contributed by atoms with Crippen LogP contribution in [0.25, 0.3) is 6.08 Å². The molecule has 1 aliphatic rings. The Bertz CT molecular complexity index is 616. The Kier molecular flexibility index (Phi) is 6.62. The molecule has 1 unspecified atom stereocenters. The topological polar surface area (TPSA) is 99.7 Å². The van der Waals surface area contributed by atoms with Gasteiger partial charge in [0, 0.05) is 18.2 Å². The summed E-state index contributed by atoms with van der Waals surface area (Å²) in [6.45, 7) is -0.0686. The second kappa shape index (κ2) is 8.93. The van der Waals surface area contributed by atoms with Gasteiger partial charge in [-0.05, 0) is 30.5 Å². The molecule has 0 spiro atoms.